The van der Waals surface area contributed by atoms with Gasteiger partial charge in [-0.1, -0.05) is 0 Å². The molecule has 0 N–H and O–H groups in total. The molecule has 0 unspecified atom stereocenters. The summed E-state index contributed by atoms with van der Waals surface area (Å²) in [7, 11) is 5.16. The molecule has 1 aliphatic heterocycles. The summed E-state index contributed by atoms with van der Waals surface area (Å²) in [6, 6.07) is 0.212. The summed E-state index contributed by atoms with van der Waals surface area (Å²) in [6.07, 6.45) is 0. The lowest BCUT2D eigenvalue weighted by Gasteiger charge is -2.34. The molecule has 20 heavy (non-hydrogen) atoms. The van der Waals surface area contributed by atoms with E-state index < -0.39 is 0 Å². The Hall–Kier alpha value is -1.80. The van der Waals surface area contributed by atoms with E-state index in [9.17, 15) is 4.79 Å². The van der Waals surface area contributed by atoms with Crippen LogP contribution in [0, 0.1) is 0 Å². The van der Waals surface area contributed by atoms with Gasteiger partial charge >= 0.3 is 12.0 Å². The van der Waals surface area contributed by atoms with Gasteiger partial charge in [-0.05, 0) is 0 Å². The second-order valence-corrected chi connectivity index (χ2v) is 4.96. The van der Waals surface area contributed by atoms with Crippen LogP contribution in [0.15, 0.2) is 0 Å². The van der Waals surface area contributed by atoms with Crippen LogP contribution in [-0.4, -0.2) is 68.4 Å². The van der Waals surface area contributed by atoms with Gasteiger partial charge in [-0.2, -0.15) is 4.98 Å². The van der Waals surface area contributed by atoms with E-state index in [1.54, 1.807) is 7.05 Å². The summed E-state index contributed by atoms with van der Waals surface area (Å²) < 4.78 is 11.0. The minimum atomic E-state index is -0.145. The predicted molar refractivity (Wildman–Crippen MR) is 73.7 cm³/mol. The number of carbonyl (C=O) groups excluding carboxylic acids is 1. The van der Waals surface area contributed by atoms with Gasteiger partial charge in [0.25, 0.3) is 0 Å². The normalized spacial score (nSPS) is 17.6. The number of methoxy groups -OCH3 is 1. The largest absolute Gasteiger partial charge is 0.467 e. The summed E-state index contributed by atoms with van der Waals surface area (Å²) >= 11 is 0. The number of nitrogens with zero attached hydrogens (tertiary/aromatic N) is 5. The molecule has 2 heterocycles. The maximum absolute atomic E-state index is 11.5. The van der Waals surface area contributed by atoms with Crippen LogP contribution in [0.25, 0.3) is 0 Å². The number of carbonyl (C=O) groups is 1. The lowest BCUT2D eigenvalue weighted by molar-refractivity contribution is -0.116. The van der Waals surface area contributed by atoms with Crippen LogP contribution in [0.3, 0.4) is 0 Å². The number of aromatic nitrogens is 3. The molecule has 1 fully saturated rings. The first-order valence-corrected chi connectivity index (χ1v) is 6.43. The number of ether oxygens (including phenoxy) is 2. The summed E-state index contributed by atoms with van der Waals surface area (Å²) in [4.78, 5) is 25.7. The van der Waals surface area contributed by atoms with Crippen LogP contribution in [-0.2, 0) is 9.53 Å². The Labute approximate surface area is 117 Å². The zero-order valence-electron chi connectivity index (χ0n) is 12.3. The minimum absolute atomic E-state index is 0.145. The maximum atomic E-state index is 11.5. The fourth-order valence-electron chi connectivity index (χ4n) is 1.90. The standard InChI is InChI=1S/C12H20N5O3/c1-9(18)16(2)10-13-11(15-12(14-10)19-4)17(3)5-7-20-8-6-17/h5-8H2,1-4H3/q+1. The Balaban J connectivity index is 2.42. The van der Waals surface area contributed by atoms with Crippen molar-refractivity contribution >= 4 is 17.8 Å². The third-order valence-corrected chi connectivity index (χ3v) is 3.49. The molecule has 1 aromatic heterocycles. The fourth-order valence-corrected chi connectivity index (χ4v) is 1.90. The second kappa shape index (κ2) is 5.68. The molecule has 0 atom stereocenters. The number of amides is 1. The molecule has 110 valence electrons. The van der Waals surface area contributed by atoms with Crippen molar-refractivity contribution in [2.75, 3.05) is 52.4 Å². The first-order valence-electron chi connectivity index (χ1n) is 6.43. The summed E-state index contributed by atoms with van der Waals surface area (Å²) in [5.74, 6) is 0.738. The third-order valence-electron chi connectivity index (χ3n) is 3.49. The van der Waals surface area contributed by atoms with E-state index in [4.69, 9.17) is 9.47 Å². The van der Waals surface area contributed by atoms with Gasteiger partial charge in [0.2, 0.25) is 11.9 Å². The molecule has 0 bridgehead atoms. The van der Waals surface area contributed by atoms with Crippen LogP contribution >= 0.6 is 0 Å². The molecule has 8 heteroatoms. The molecule has 8 nitrogen and oxygen atoms in total. The molecule has 0 saturated carbocycles. The molecule has 0 aliphatic carbocycles. The van der Waals surface area contributed by atoms with Gasteiger partial charge in [0.05, 0.1) is 27.4 Å². The summed E-state index contributed by atoms with van der Waals surface area (Å²) in [5.41, 5.74) is 0. The van der Waals surface area contributed by atoms with Crippen molar-refractivity contribution in [1.82, 2.24) is 19.4 Å². The summed E-state index contributed by atoms with van der Waals surface area (Å²) in [6.45, 7) is 4.32. The first-order chi connectivity index (χ1) is 9.46. The highest BCUT2D eigenvalue weighted by Crippen LogP contribution is 2.22. The molecule has 1 amide bonds. The molecule has 0 spiro atoms. The highest BCUT2D eigenvalue weighted by Gasteiger charge is 2.33. The van der Waals surface area contributed by atoms with E-state index in [0.717, 1.165) is 13.1 Å². The van der Waals surface area contributed by atoms with Crippen molar-refractivity contribution in [3.05, 3.63) is 0 Å². The van der Waals surface area contributed by atoms with E-state index in [-0.39, 0.29) is 11.9 Å². The molecular weight excluding hydrogens is 262 g/mol. The average Bonchev–Trinajstić information content (AvgIpc) is 2.46. The minimum Gasteiger partial charge on any atom is -0.467 e. The van der Waals surface area contributed by atoms with Gasteiger partial charge in [-0.15, -0.1) is 9.97 Å². The SMILES string of the molecule is COc1nc(N(C)C(C)=O)nc([N+]2(C)CCOCC2)n1. The van der Waals surface area contributed by atoms with Gasteiger partial charge in [0.15, 0.2) is 0 Å². The van der Waals surface area contributed by atoms with Gasteiger partial charge < -0.3 is 9.47 Å². The Morgan fingerprint density at radius 3 is 2.50 bits per heavy atom. The fraction of sp³-hybridized carbons (Fsp3) is 0.667. The van der Waals surface area contributed by atoms with E-state index in [1.807, 2.05) is 7.05 Å². The van der Waals surface area contributed by atoms with Crippen LogP contribution in [0.4, 0.5) is 11.9 Å². The second-order valence-electron chi connectivity index (χ2n) is 4.96. The maximum Gasteiger partial charge on any atom is 0.336 e. The average molecular weight is 282 g/mol. The predicted octanol–water partition coefficient (Wildman–Crippen LogP) is -0.170. The molecular formula is C12H20N5O3+. The molecule has 1 aromatic rings. The van der Waals surface area contributed by atoms with Gasteiger partial charge in [0.1, 0.15) is 13.1 Å². The van der Waals surface area contributed by atoms with Crippen LogP contribution in [0.2, 0.25) is 0 Å². The zero-order valence-corrected chi connectivity index (χ0v) is 12.3. The number of likely N-dealkylation sites (N-methyl/N-ethyl adjacent to an activating group) is 1. The first kappa shape index (κ1) is 14.6. The van der Waals surface area contributed by atoms with Gasteiger partial charge in [-0.3, -0.25) is 14.2 Å². The number of rotatable bonds is 3. The molecule has 1 saturated heterocycles. The highest BCUT2D eigenvalue weighted by atomic mass is 16.5. The highest BCUT2D eigenvalue weighted by molar-refractivity contribution is 5.88. The monoisotopic (exact) mass is 282 g/mol. The number of hydrogen-bond donors (Lipinski definition) is 0. The van der Waals surface area contributed by atoms with Crippen molar-refractivity contribution in [2.24, 2.45) is 0 Å². The van der Waals surface area contributed by atoms with Crippen LogP contribution < -0.4 is 14.1 Å². The van der Waals surface area contributed by atoms with E-state index in [1.165, 1.54) is 18.9 Å². The Morgan fingerprint density at radius 1 is 1.30 bits per heavy atom. The van der Waals surface area contributed by atoms with E-state index >= 15 is 0 Å². The van der Waals surface area contributed by atoms with Crippen LogP contribution in [0.5, 0.6) is 6.01 Å². The quantitative estimate of drug-likeness (QED) is 0.716. The van der Waals surface area contributed by atoms with Gasteiger partial charge in [0, 0.05) is 14.0 Å². The zero-order chi connectivity index (χ0) is 14.8. The lowest BCUT2D eigenvalue weighted by Crippen LogP contribution is -2.54. The van der Waals surface area contributed by atoms with Crippen molar-refractivity contribution in [3.63, 3.8) is 0 Å². The number of hydrogen-bond acceptors (Lipinski definition) is 6. The van der Waals surface area contributed by atoms with Crippen molar-refractivity contribution in [1.29, 1.82) is 0 Å². The van der Waals surface area contributed by atoms with Crippen molar-refractivity contribution in [2.45, 2.75) is 6.92 Å². The van der Waals surface area contributed by atoms with Crippen LogP contribution in [0.1, 0.15) is 6.92 Å². The van der Waals surface area contributed by atoms with E-state index in [0.29, 0.717) is 29.6 Å². The Morgan fingerprint density at radius 2 is 1.95 bits per heavy atom. The molecule has 0 radical (unpaired) electrons. The van der Waals surface area contributed by atoms with Crippen molar-refractivity contribution in [3.8, 4) is 6.01 Å². The molecule has 0 aromatic carbocycles. The number of anilines is 1. The topological polar surface area (TPSA) is 77.4 Å². The lowest BCUT2D eigenvalue weighted by atomic mass is 10.4. The number of morpholine rings is 1. The third kappa shape index (κ3) is 2.86. The van der Waals surface area contributed by atoms with Gasteiger partial charge in [-0.25, -0.2) is 0 Å². The smallest absolute Gasteiger partial charge is 0.336 e. The Bertz CT molecular complexity index is 502. The van der Waals surface area contributed by atoms with Crippen molar-refractivity contribution < 1.29 is 14.3 Å². The Kier molecular flexibility index (Phi) is 4.15. The molecule has 1 aliphatic rings. The van der Waals surface area contributed by atoms with E-state index in [2.05, 4.69) is 15.0 Å². The molecule has 2 rings (SSSR count). The summed E-state index contributed by atoms with van der Waals surface area (Å²) in [5, 5.41) is 0. The number of quaternary nitrogens is 1.